The van der Waals surface area contributed by atoms with Gasteiger partial charge in [0.05, 0.1) is 6.42 Å². The molecule has 1 fully saturated rings. The van der Waals surface area contributed by atoms with Crippen LogP contribution in [0.5, 0.6) is 0 Å². The maximum atomic E-state index is 11.5. The average molecular weight is 315 g/mol. The molecule has 2 amide bonds. The molecule has 0 bridgehead atoms. The fourth-order valence-electron chi connectivity index (χ4n) is 1.75. The monoisotopic (exact) mass is 313 g/mol. The highest BCUT2D eigenvalue weighted by Gasteiger charge is 2.26. The van der Waals surface area contributed by atoms with Crippen molar-refractivity contribution in [3.63, 3.8) is 0 Å². The van der Waals surface area contributed by atoms with Gasteiger partial charge in [0, 0.05) is 15.1 Å². The van der Waals surface area contributed by atoms with E-state index in [0.29, 0.717) is 10.6 Å². The Balaban J connectivity index is 2.50. The molecule has 1 heterocycles. The Kier molecular flexibility index (Phi) is 3.35. The Morgan fingerprint density at radius 1 is 1.41 bits per heavy atom. The molecule has 0 spiro atoms. The molecule has 2 rings (SSSR count). The lowest BCUT2D eigenvalue weighted by molar-refractivity contribution is -0.124. The van der Waals surface area contributed by atoms with Crippen LogP contribution in [0.15, 0.2) is 28.2 Å². The number of hydrogen-bond acceptors (Lipinski definition) is 2. The lowest BCUT2D eigenvalue weighted by atomic mass is 10.0. The van der Waals surface area contributed by atoms with Crippen molar-refractivity contribution < 1.29 is 9.59 Å². The third-order valence-electron chi connectivity index (χ3n) is 2.65. The van der Waals surface area contributed by atoms with E-state index in [1.165, 1.54) is 0 Å². The van der Waals surface area contributed by atoms with Crippen molar-refractivity contribution in [3.8, 4) is 0 Å². The molecular formula is C12H9BrClNO2. The minimum atomic E-state index is -0.327. The van der Waals surface area contributed by atoms with Gasteiger partial charge >= 0.3 is 0 Å². The van der Waals surface area contributed by atoms with Crippen LogP contribution in [0.4, 0.5) is 0 Å². The molecule has 3 nitrogen and oxygen atoms in total. The Hall–Kier alpha value is -1.13. The number of rotatable bonds is 1. The SMILES string of the molecule is C/C(=C1/CC(=O)NC1=O)c1ccc(Br)cc1Cl. The maximum absolute atomic E-state index is 11.5. The van der Waals surface area contributed by atoms with Crippen molar-refractivity contribution >= 4 is 44.9 Å². The number of allylic oxidation sites excluding steroid dienone is 1. The molecule has 1 saturated heterocycles. The number of nitrogens with one attached hydrogen (secondary N) is 1. The van der Waals surface area contributed by atoms with E-state index in [2.05, 4.69) is 21.2 Å². The van der Waals surface area contributed by atoms with Crippen LogP contribution < -0.4 is 5.32 Å². The average Bonchev–Trinajstić information content (AvgIpc) is 2.57. The van der Waals surface area contributed by atoms with Crippen LogP contribution in [0.25, 0.3) is 5.57 Å². The van der Waals surface area contributed by atoms with Crippen LogP contribution in [0.1, 0.15) is 18.9 Å². The Morgan fingerprint density at radius 3 is 2.65 bits per heavy atom. The first kappa shape index (κ1) is 12.3. The van der Waals surface area contributed by atoms with Gasteiger partial charge in [-0.1, -0.05) is 33.6 Å². The quantitative estimate of drug-likeness (QED) is 0.640. The third kappa shape index (κ3) is 2.42. The molecule has 1 aliphatic heterocycles. The second-order valence-electron chi connectivity index (χ2n) is 3.78. The smallest absolute Gasteiger partial charge is 0.254 e. The van der Waals surface area contributed by atoms with Crippen LogP contribution >= 0.6 is 27.5 Å². The number of carbonyl (C=O) groups is 2. The van der Waals surface area contributed by atoms with E-state index in [9.17, 15) is 9.59 Å². The standard InChI is InChI=1S/C12H9BrClNO2/c1-6(9-5-11(16)15-12(9)17)8-3-2-7(13)4-10(8)14/h2-4H,5H2,1H3,(H,15,16,17)/b9-6+. The van der Waals surface area contributed by atoms with Crippen LogP contribution in [-0.4, -0.2) is 11.8 Å². The minimum Gasteiger partial charge on any atom is -0.292 e. The second kappa shape index (κ2) is 4.63. The van der Waals surface area contributed by atoms with Crippen LogP contribution in [0.2, 0.25) is 5.02 Å². The topological polar surface area (TPSA) is 46.2 Å². The molecule has 0 atom stereocenters. The minimum absolute atomic E-state index is 0.122. The summed E-state index contributed by atoms with van der Waals surface area (Å²) in [5, 5.41) is 2.81. The molecule has 1 aliphatic rings. The molecule has 0 aromatic heterocycles. The third-order valence-corrected chi connectivity index (χ3v) is 3.46. The summed E-state index contributed by atoms with van der Waals surface area (Å²) in [4.78, 5) is 22.7. The maximum Gasteiger partial charge on any atom is 0.254 e. The van der Waals surface area contributed by atoms with Gasteiger partial charge in [-0.2, -0.15) is 0 Å². The molecule has 1 N–H and O–H groups in total. The van der Waals surface area contributed by atoms with E-state index in [1.54, 1.807) is 13.0 Å². The van der Waals surface area contributed by atoms with Gasteiger partial charge in [-0.15, -0.1) is 0 Å². The Labute approximate surface area is 112 Å². The normalized spacial score (nSPS) is 18.3. The summed E-state index contributed by atoms with van der Waals surface area (Å²) in [6, 6.07) is 5.43. The highest BCUT2D eigenvalue weighted by molar-refractivity contribution is 9.10. The summed E-state index contributed by atoms with van der Waals surface area (Å²) < 4.78 is 0.871. The zero-order chi connectivity index (χ0) is 12.6. The predicted octanol–water partition coefficient (Wildman–Crippen LogP) is 2.92. The number of carbonyl (C=O) groups excluding carboxylic acids is 2. The lowest BCUT2D eigenvalue weighted by Gasteiger charge is -2.07. The van der Waals surface area contributed by atoms with E-state index < -0.39 is 0 Å². The summed E-state index contributed by atoms with van der Waals surface area (Å²) >= 11 is 9.42. The van der Waals surface area contributed by atoms with Crippen LogP contribution in [-0.2, 0) is 9.59 Å². The van der Waals surface area contributed by atoms with E-state index in [-0.39, 0.29) is 18.2 Å². The molecule has 88 valence electrons. The fraction of sp³-hybridized carbons (Fsp3) is 0.167. The Bertz CT molecular complexity index is 551. The van der Waals surface area contributed by atoms with Crippen molar-refractivity contribution in [2.45, 2.75) is 13.3 Å². The summed E-state index contributed by atoms with van der Waals surface area (Å²) in [5.41, 5.74) is 2.00. The van der Waals surface area contributed by atoms with Crippen molar-refractivity contribution in [1.82, 2.24) is 5.32 Å². The van der Waals surface area contributed by atoms with Crippen molar-refractivity contribution in [1.29, 1.82) is 0 Å². The first-order valence-corrected chi connectivity index (χ1v) is 6.15. The molecule has 0 saturated carbocycles. The highest BCUT2D eigenvalue weighted by atomic mass is 79.9. The summed E-state index contributed by atoms with van der Waals surface area (Å²) in [7, 11) is 0. The number of benzene rings is 1. The van der Waals surface area contributed by atoms with Gasteiger partial charge < -0.3 is 0 Å². The zero-order valence-corrected chi connectivity index (χ0v) is 11.4. The van der Waals surface area contributed by atoms with Gasteiger partial charge in [0.2, 0.25) is 5.91 Å². The van der Waals surface area contributed by atoms with Crippen molar-refractivity contribution in [2.75, 3.05) is 0 Å². The first-order chi connectivity index (χ1) is 7.99. The van der Waals surface area contributed by atoms with Crippen molar-refractivity contribution in [2.24, 2.45) is 0 Å². The molecule has 1 aromatic carbocycles. The molecular weight excluding hydrogens is 305 g/mol. The van der Waals surface area contributed by atoms with Crippen molar-refractivity contribution in [3.05, 3.63) is 38.8 Å². The highest BCUT2D eigenvalue weighted by Crippen LogP contribution is 2.30. The number of amides is 2. The molecule has 5 heteroatoms. The van der Waals surface area contributed by atoms with Gasteiger partial charge in [-0.25, -0.2) is 0 Å². The fourth-order valence-corrected chi connectivity index (χ4v) is 2.56. The molecule has 0 aliphatic carbocycles. The summed E-state index contributed by atoms with van der Waals surface area (Å²) in [6.45, 7) is 1.79. The largest absolute Gasteiger partial charge is 0.292 e. The van der Waals surface area contributed by atoms with Gasteiger partial charge in [0.25, 0.3) is 5.91 Å². The van der Waals surface area contributed by atoms with Gasteiger partial charge in [0.15, 0.2) is 0 Å². The van der Waals surface area contributed by atoms with Crippen LogP contribution in [0, 0.1) is 0 Å². The zero-order valence-electron chi connectivity index (χ0n) is 9.01. The van der Waals surface area contributed by atoms with Gasteiger partial charge in [0.1, 0.15) is 0 Å². The van der Waals surface area contributed by atoms with E-state index in [4.69, 9.17) is 11.6 Å². The predicted molar refractivity (Wildman–Crippen MR) is 69.5 cm³/mol. The molecule has 17 heavy (non-hydrogen) atoms. The van der Waals surface area contributed by atoms with E-state index in [0.717, 1.165) is 15.6 Å². The summed E-state index contributed by atoms with van der Waals surface area (Å²) in [5.74, 6) is -0.593. The van der Waals surface area contributed by atoms with Gasteiger partial charge in [-0.05, 0) is 30.2 Å². The molecule has 0 radical (unpaired) electrons. The van der Waals surface area contributed by atoms with Gasteiger partial charge in [-0.3, -0.25) is 14.9 Å². The lowest BCUT2D eigenvalue weighted by Crippen LogP contribution is -2.19. The summed E-state index contributed by atoms with van der Waals surface area (Å²) in [6.07, 6.45) is 0.122. The Morgan fingerprint density at radius 2 is 2.12 bits per heavy atom. The van der Waals surface area contributed by atoms with E-state index >= 15 is 0 Å². The number of hydrogen-bond donors (Lipinski definition) is 1. The second-order valence-corrected chi connectivity index (χ2v) is 5.10. The van der Waals surface area contributed by atoms with E-state index in [1.807, 2.05) is 12.1 Å². The van der Waals surface area contributed by atoms with Crippen LogP contribution in [0.3, 0.4) is 0 Å². The molecule has 1 aromatic rings. The number of imide groups is 1. The molecule has 0 unspecified atom stereocenters. The first-order valence-electron chi connectivity index (χ1n) is 4.98. The number of halogens is 2.